The number of carbonyl (C=O) groups excluding carboxylic acids is 1. The number of hydrogen-bond donors (Lipinski definition) is 2. The molecule has 0 aromatic carbocycles. The molecule has 1 atom stereocenters. The smallest absolute Gasteiger partial charge is 0.375 e. The Hall–Kier alpha value is -0.610. The second-order valence-electron chi connectivity index (χ2n) is 1.85. The van der Waals surface area contributed by atoms with Gasteiger partial charge in [0, 0.05) is 0 Å². The fourth-order valence-electron chi connectivity index (χ4n) is 0.338. The van der Waals surface area contributed by atoms with E-state index in [1.54, 1.807) is 0 Å². The summed E-state index contributed by atoms with van der Waals surface area (Å²) in [6.07, 6.45) is 0.0969. The first kappa shape index (κ1) is 9.39. The maximum atomic E-state index is 10.5. The molecule has 0 rings (SSSR count). The molecule has 0 aromatic heterocycles. The number of rotatable bonds is 3. The van der Waals surface area contributed by atoms with Crippen molar-refractivity contribution in [1.82, 2.24) is 0 Å². The lowest BCUT2D eigenvalue weighted by Crippen LogP contribution is -2.45. The molecule has 0 aliphatic heterocycles. The lowest BCUT2D eigenvalue weighted by Gasteiger charge is -2.14. The minimum absolute atomic E-state index is 0.0969. The Labute approximate surface area is 63.0 Å². The van der Waals surface area contributed by atoms with Crippen LogP contribution in [0.15, 0.2) is 0 Å². The summed E-state index contributed by atoms with van der Waals surface area (Å²) in [5.74, 6) is -2.77. The van der Waals surface area contributed by atoms with E-state index in [1.165, 1.54) is 6.92 Å². The molecule has 10 heavy (non-hydrogen) atoms. The average molecular weight is 166 g/mol. The van der Waals surface area contributed by atoms with E-state index in [-0.39, 0.29) is 6.42 Å². The summed E-state index contributed by atoms with van der Waals surface area (Å²) in [4.78, 5) is 18.8. The number of carboxylic acid groups (broad SMARTS) is 1. The molecule has 0 saturated carbocycles. The first-order valence-electron chi connectivity index (χ1n) is 2.67. The van der Waals surface area contributed by atoms with Crippen molar-refractivity contribution in [2.75, 3.05) is 0 Å². The maximum absolute atomic E-state index is 10.5. The first-order chi connectivity index (χ1) is 4.41. The van der Waals surface area contributed by atoms with Gasteiger partial charge in [-0.3, -0.25) is 4.79 Å². The Morgan fingerprint density at radius 2 is 2.10 bits per heavy atom. The Bertz CT molecular complexity index is 166. The molecule has 1 unspecified atom stereocenters. The van der Waals surface area contributed by atoms with E-state index in [0.717, 1.165) is 0 Å². The number of carbonyl (C=O) groups is 2. The highest BCUT2D eigenvalue weighted by atomic mass is 35.5. The van der Waals surface area contributed by atoms with Gasteiger partial charge in [-0.05, 0) is 6.42 Å². The SMILES string of the molecule is CCC(N)(Cl)C(=O)C(=O)O. The summed E-state index contributed by atoms with van der Waals surface area (Å²) in [5.41, 5.74) is 5.10. The Kier molecular flexibility index (Phi) is 2.80. The van der Waals surface area contributed by atoms with Crippen LogP contribution in [0, 0.1) is 0 Å². The second-order valence-corrected chi connectivity index (χ2v) is 2.52. The number of halogens is 1. The summed E-state index contributed by atoms with van der Waals surface area (Å²) in [5, 5.41) is 8.13. The van der Waals surface area contributed by atoms with Gasteiger partial charge < -0.3 is 10.8 Å². The third-order valence-electron chi connectivity index (χ3n) is 1.09. The largest absolute Gasteiger partial charge is 0.475 e. The Morgan fingerprint density at radius 1 is 1.70 bits per heavy atom. The van der Waals surface area contributed by atoms with E-state index in [0.29, 0.717) is 0 Å². The van der Waals surface area contributed by atoms with Crippen LogP contribution in [0.25, 0.3) is 0 Å². The monoisotopic (exact) mass is 165 g/mol. The summed E-state index contributed by atoms with van der Waals surface area (Å²) >= 11 is 5.31. The van der Waals surface area contributed by atoms with Crippen molar-refractivity contribution >= 4 is 23.4 Å². The van der Waals surface area contributed by atoms with Crippen molar-refractivity contribution in [3.05, 3.63) is 0 Å². The third kappa shape index (κ3) is 1.97. The molecule has 0 aliphatic carbocycles. The molecule has 0 aromatic rings. The standard InChI is InChI=1S/C5H8ClNO3/c1-2-5(6,7)3(8)4(9)10/h2,7H2,1H3,(H,9,10). The van der Waals surface area contributed by atoms with Gasteiger partial charge in [-0.15, -0.1) is 0 Å². The van der Waals surface area contributed by atoms with Gasteiger partial charge in [0.1, 0.15) is 0 Å². The Balaban J connectivity index is 4.33. The molecule has 0 radical (unpaired) electrons. The maximum Gasteiger partial charge on any atom is 0.375 e. The van der Waals surface area contributed by atoms with Gasteiger partial charge in [-0.2, -0.15) is 0 Å². The summed E-state index contributed by atoms with van der Waals surface area (Å²) < 4.78 is 0. The van der Waals surface area contributed by atoms with Crippen LogP contribution in [0.1, 0.15) is 13.3 Å². The zero-order valence-electron chi connectivity index (χ0n) is 5.43. The number of carboxylic acids is 1. The highest BCUT2D eigenvalue weighted by Gasteiger charge is 2.34. The van der Waals surface area contributed by atoms with Crippen molar-refractivity contribution in [3.8, 4) is 0 Å². The molecule has 4 nitrogen and oxygen atoms in total. The van der Waals surface area contributed by atoms with Gasteiger partial charge in [-0.1, -0.05) is 18.5 Å². The number of alkyl halides is 1. The van der Waals surface area contributed by atoms with E-state index < -0.39 is 16.8 Å². The van der Waals surface area contributed by atoms with Crippen LogP contribution < -0.4 is 5.73 Å². The highest BCUT2D eigenvalue weighted by molar-refractivity contribution is 6.49. The second kappa shape index (κ2) is 2.98. The van der Waals surface area contributed by atoms with Gasteiger partial charge in [0.25, 0.3) is 5.78 Å². The van der Waals surface area contributed by atoms with Crippen LogP contribution in [0.4, 0.5) is 0 Å². The fraction of sp³-hybridized carbons (Fsp3) is 0.600. The fourth-order valence-corrected chi connectivity index (χ4v) is 0.419. The van der Waals surface area contributed by atoms with Gasteiger partial charge in [0.15, 0.2) is 5.00 Å². The zero-order chi connectivity index (χ0) is 8.36. The van der Waals surface area contributed by atoms with Crippen molar-refractivity contribution < 1.29 is 14.7 Å². The molecule has 0 spiro atoms. The van der Waals surface area contributed by atoms with E-state index in [1.807, 2.05) is 0 Å². The molecular weight excluding hydrogens is 158 g/mol. The minimum atomic E-state index is -1.74. The van der Waals surface area contributed by atoms with Crippen LogP contribution in [-0.4, -0.2) is 21.9 Å². The molecule has 58 valence electrons. The molecule has 0 bridgehead atoms. The van der Waals surface area contributed by atoms with E-state index in [4.69, 9.17) is 22.4 Å². The third-order valence-corrected chi connectivity index (χ3v) is 1.53. The van der Waals surface area contributed by atoms with Gasteiger partial charge in [0.05, 0.1) is 0 Å². The summed E-state index contributed by atoms with van der Waals surface area (Å²) in [6.45, 7) is 1.54. The molecule has 0 amide bonds. The van der Waals surface area contributed by atoms with Gasteiger partial charge >= 0.3 is 5.97 Å². The van der Waals surface area contributed by atoms with Crippen molar-refractivity contribution in [2.45, 2.75) is 18.3 Å². The van der Waals surface area contributed by atoms with Crippen LogP contribution >= 0.6 is 11.6 Å². The van der Waals surface area contributed by atoms with Crippen LogP contribution in [0.2, 0.25) is 0 Å². The molecule has 3 N–H and O–H groups in total. The quantitative estimate of drug-likeness (QED) is 0.349. The molecular formula is C5H8ClNO3. The van der Waals surface area contributed by atoms with Crippen molar-refractivity contribution in [2.24, 2.45) is 5.73 Å². The predicted octanol–water partition coefficient (Wildman–Crippen LogP) is -0.0561. The highest BCUT2D eigenvalue weighted by Crippen LogP contribution is 2.12. The van der Waals surface area contributed by atoms with Crippen LogP contribution in [-0.2, 0) is 9.59 Å². The minimum Gasteiger partial charge on any atom is -0.475 e. The van der Waals surface area contributed by atoms with E-state index >= 15 is 0 Å². The van der Waals surface area contributed by atoms with Crippen molar-refractivity contribution in [3.63, 3.8) is 0 Å². The average Bonchev–Trinajstić information content (AvgIpc) is 1.86. The molecule has 0 aliphatic rings. The number of ketones is 1. The first-order valence-corrected chi connectivity index (χ1v) is 3.05. The van der Waals surface area contributed by atoms with E-state index in [9.17, 15) is 9.59 Å². The van der Waals surface area contributed by atoms with Crippen LogP contribution in [0.5, 0.6) is 0 Å². The number of aliphatic carboxylic acids is 1. The number of nitrogens with two attached hydrogens (primary N) is 1. The Morgan fingerprint density at radius 3 is 2.20 bits per heavy atom. The molecule has 0 fully saturated rings. The number of Topliss-reactive ketones (excluding diaryl/α,β-unsaturated/α-hetero) is 1. The topological polar surface area (TPSA) is 80.4 Å². The molecule has 0 heterocycles. The van der Waals surface area contributed by atoms with Gasteiger partial charge in [-0.25, -0.2) is 4.79 Å². The molecule has 0 saturated heterocycles. The zero-order valence-corrected chi connectivity index (χ0v) is 6.18. The predicted molar refractivity (Wildman–Crippen MR) is 35.7 cm³/mol. The summed E-state index contributed by atoms with van der Waals surface area (Å²) in [6, 6.07) is 0. The lowest BCUT2D eigenvalue weighted by molar-refractivity contribution is -0.150. The van der Waals surface area contributed by atoms with Gasteiger partial charge in [0.2, 0.25) is 0 Å². The summed E-state index contributed by atoms with van der Waals surface area (Å²) in [7, 11) is 0. The number of hydrogen-bond acceptors (Lipinski definition) is 3. The van der Waals surface area contributed by atoms with Crippen LogP contribution in [0.3, 0.4) is 0 Å². The lowest BCUT2D eigenvalue weighted by atomic mass is 10.1. The molecule has 5 heteroatoms. The normalized spacial score (nSPS) is 15.9. The van der Waals surface area contributed by atoms with E-state index in [2.05, 4.69) is 0 Å². The van der Waals surface area contributed by atoms with Crippen molar-refractivity contribution in [1.29, 1.82) is 0 Å².